The molecule has 0 aromatic carbocycles. The average molecular weight is 348 g/mol. The van der Waals surface area contributed by atoms with Crippen molar-refractivity contribution in [3.63, 3.8) is 0 Å². The van der Waals surface area contributed by atoms with Crippen LogP contribution in [-0.4, -0.2) is 47.9 Å². The van der Waals surface area contributed by atoms with Crippen molar-refractivity contribution in [1.82, 2.24) is 9.88 Å². The summed E-state index contributed by atoms with van der Waals surface area (Å²) in [5.74, 6) is 1.65. The van der Waals surface area contributed by atoms with Crippen molar-refractivity contribution in [2.45, 2.75) is 44.9 Å². The van der Waals surface area contributed by atoms with Crippen molar-refractivity contribution in [3.05, 3.63) is 29.0 Å². The first-order valence-electron chi connectivity index (χ1n) is 8.62. The van der Waals surface area contributed by atoms with Crippen molar-refractivity contribution < 1.29 is 13.9 Å². The van der Waals surface area contributed by atoms with Gasteiger partial charge in [0.25, 0.3) is 0 Å². The molecule has 130 valence electrons. The largest absolute Gasteiger partial charge is 0.440 e. The predicted molar refractivity (Wildman–Crippen MR) is 93.2 cm³/mol. The fourth-order valence-corrected chi connectivity index (χ4v) is 4.42. The number of rotatable bonds is 3. The first kappa shape index (κ1) is 16.3. The van der Waals surface area contributed by atoms with E-state index in [0.717, 1.165) is 67.9 Å². The quantitative estimate of drug-likeness (QED) is 0.850. The molecule has 2 aromatic rings. The van der Waals surface area contributed by atoms with Gasteiger partial charge in [0.05, 0.1) is 22.3 Å². The van der Waals surface area contributed by atoms with Crippen LogP contribution >= 0.6 is 11.3 Å². The molecule has 1 unspecified atom stereocenters. The highest BCUT2D eigenvalue weighted by Gasteiger charge is 2.41. The van der Waals surface area contributed by atoms with Gasteiger partial charge < -0.3 is 13.9 Å². The van der Waals surface area contributed by atoms with Crippen molar-refractivity contribution in [1.29, 1.82) is 0 Å². The average Bonchev–Trinajstić information content (AvgIpc) is 3.18. The number of thiophene rings is 1. The molecule has 2 aliphatic rings. The zero-order valence-corrected chi connectivity index (χ0v) is 15.1. The lowest BCUT2D eigenvalue weighted by Gasteiger charge is -2.47. The van der Waals surface area contributed by atoms with Gasteiger partial charge >= 0.3 is 0 Å². The third kappa shape index (κ3) is 3.28. The van der Waals surface area contributed by atoms with E-state index in [1.807, 2.05) is 24.4 Å². The molecule has 0 amide bonds. The first-order chi connectivity index (χ1) is 11.6. The molecular formula is C18H24N2O3S. The van der Waals surface area contributed by atoms with E-state index in [4.69, 9.17) is 18.9 Å². The molecule has 0 bridgehead atoms. The number of hydrogen-bond donors (Lipinski definition) is 0. The summed E-state index contributed by atoms with van der Waals surface area (Å²) in [6.07, 6.45) is 2.19. The summed E-state index contributed by atoms with van der Waals surface area (Å²) in [5.41, 5.74) is 0.985. The number of aryl methyl sites for hydroxylation is 1. The highest BCUT2D eigenvalue weighted by atomic mass is 32.1. The summed E-state index contributed by atoms with van der Waals surface area (Å²) in [5, 5.41) is 2.05. The molecule has 5 nitrogen and oxygen atoms in total. The summed E-state index contributed by atoms with van der Waals surface area (Å²) < 4.78 is 17.7. The lowest BCUT2D eigenvalue weighted by atomic mass is 9.91. The Hall–Kier alpha value is -1.21. The SMILES string of the molecule is Cc1oc(-c2cccs2)nc1CN1CC(C)OC2(CCOCC2)C1. The van der Waals surface area contributed by atoms with Crippen LogP contribution in [0.3, 0.4) is 0 Å². The standard InChI is InChI=1S/C18H24N2O3S/c1-13-10-20(12-18(23-13)5-7-21-8-6-18)11-15-14(2)22-17(19-15)16-4-3-9-24-16/h3-4,9,13H,5-8,10-12H2,1-2H3. The molecule has 1 atom stereocenters. The summed E-state index contributed by atoms with van der Waals surface area (Å²) >= 11 is 1.66. The molecule has 2 saturated heterocycles. The Bertz CT molecular complexity index is 677. The fourth-order valence-electron chi connectivity index (χ4n) is 3.77. The number of oxazole rings is 1. The van der Waals surface area contributed by atoms with Crippen molar-refractivity contribution in [2.24, 2.45) is 0 Å². The maximum Gasteiger partial charge on any atom is 0.236 e. The Balaban J connectivity index is 1.50. The second-order valence-corrected chi connectivity index (χ2v) is 7.84. The van der Waals surface area contributed by atoms with E-state index in [1.54, 1.807) is 11.3 Å². The van der Waals surface area contributed by atoms with Gasteiger partial charge in [0.15, 0.2) is 0 Å². The van der Waals surface area contributed by atoms with Gasteiger partial charge in [-0.2, -0.15) is 0 Å². The van der Waals surface area contributed by atoms with E-state index in [-0.39, 0.29) is 11.7 Å². The molecule has 0 aliphatic carbocycles. The minimum atomic E-state index is -0.0514. The van der Waals surface area contributed by atoms with Gasteiger partial charge in [-0.05, 0) is 25.3 Å². The number of hydrogen-bond acceptors (Lipinski definition) is 6. The summed E-state index contributed by atoms with van der Waals surface area (Å²) in [6.45, 7) is 8.46. The van der Waals surface area contributed by atoms with E-state index in [2.05, 4.69) is 11.8 Å². The second kappa shape index (κ2) is 6.59. The van der Waals surface area contributed by atoms with Gasteiger partial charge in [0.2, 0.25) is 5.89 Å². The molecule has 0 saturated carbocycles. The Morgan fingerprint density at radius 2 is 2.21 bits per heavy atom. The molecule has 24 heavy (non-hydrogen) atoms. The third-order valence-electron chi connectivity index (χ3n) is 4.88. The zero-order chi connectivity index (χ0) is 16.6. The van der Waals surface area contributed by atoms with Crippen LogP contribution in [-0.2, 0) is 16.0 Å². The normalized spacial score (nSPS) is 24.5. The summed E-state index contributed by atoms with van der Waals surface area (Å²) in [7, 11) is 0. The second-order valence-electron chi connectivity index (χ2n) is 6.89. The Morgan fingerprint density at radius 3 is 2.96 bits per heavy atom. The van der Waals surface area contributed by atoms with E-state index in [9.17, 15) is 0 Å². The number of morpholine rings is 1. The number of ether oxygens (including phenoxy) is 2. The van der Waals surface area contributed by atoms with Crippen LogP contribution in [0.4, 0.5) is 0 Å². The topological polar surface area (TPSA) is 47.7 Å². The molecule has 0 radical (unpaired) electrons. The lowest BCUT2D eigenvalue weighted by molar-refractivity contribution is -0.185. The highest BCUT2D eigenvalue weighted by molar-refractivity contribution is 7.13. The highest BCUT2D eigenvalue weighted by Crippen LogP contribution is 2.33. The smallest absolute Gasteiger partial charge is 0.236 e. The van der Waals surface area contributed by atoms with Crippen LogP contribution in [0.5, 0.6) is 0 Å². The first-order valence-corrected chi connectivity index (χ1v) is 9.50. The zero-order valence-electron chi connectivity index (χ0n) is 14.3. The number of aromatic nitrogens is 1. The molecule has 2 aromatic heterocycles. The van der Waals surface area contributed by atoms with Crippen LogP contribution in [0.25, 0.3) is 10.8 Å². The van der Waals surface area contributed by atoms with Crippen LogP contribution in [0, 0.1) is 6.92 Å². The fraction of sp³-hybridized carbons (Fsp3) is 0.611. The molecule has 0 N–H and O–H groups in total. The predicted octanol–water partition coefficient (Wildman–Crippen LogP) is 3.48. The monoisotopic (exact) mass is 348 g/mol. The van der Waals surface area contributed by atoms with E-state index < -0.39 is 0 Å². The van der Waals surface area contributed by atoms with Crippen LogP contribution < -0.4 is 0 Å². The minimum Gasteiger partial charge on any atom is -0.440 e. The third-order valence-corrected chi connectivity index (χ3v) is 5.74. The van der Waals surface area contributed by atoms with Crippen LogP contribution in [0.2, 0.25) is 0 Å². The molecule has 2 aliphatic heterocycles. The minimum absolute atomic E-state index is 0.0514. The van der Waals surface area contributed by atoms with E-state index in [1.165, 1.54) is 0 Å². The molecule has 6 heteroatoms. The Labute approximate surface area is 146 Å². The van der Waals surface area contributed by atoms with Gasteiger partial charge in [-0.1, -0.05) is 6.07 Å². The molecule has 1 spiro atoms. The van der Waals surface area contributed by atoms with Gasteiger partial charge in [-0.25, -0.2) is 4.98 Å². The maximum absolute atomic E-state index is 6.31. The molecule has 4 rings (SSSR count). The summed E-state index contributed by atoms with van der Waals surface area (Å²) in [4.78, 5) is 8.29. The number of nitrogens with zero attached hydrogens (tertiary/aromatic N) is 2. The molecule has 4 heterocycles. The van der Waals surface area contributed by atoms with Crippen molar-refractivity contribution >= 4 is 11.3 Å². The van der Waals surface area contributed by atoms with Crippen molar-refractivity contribution in [3.8, 4) is 10.8 Å². The van der Waals surface area contributed by atoms with Crippen LogP contribution in [0.15, 0.2) is 21.9 Å². The Morgan fingerprint density at radius 1 is 1.38 bits per heavy atom. The van der Waals surface area contributed by atoms with Crippen LogP contribution in [0.1, 0.15) is 31.2 Å². The van der Waals surface area contributed by atoms with E-state index >= 15 is 0 Å². The maximum atomic E-state index is 6.31. The molecular weight excluding hydrogens is 324 g/mol. The molecule has 2 fully saturated rings. The van der Waals surface area contributed by atoms with Gasteiger partial charge in [0.1, 0.15) is 5.76 Å². The lowest BCUT2D eigenvalue weighted by Crippen LogP contribution is -2.56. The van der Waals surface area contributed by atoms with Gasteiger partial charge in [-0.3, -0.25) is 4.90 Å². The van der Waals surface area contributed by atoms with Crippen molar-refractivity contribution in [2.75, 3.05) is 26.3 Å². The van der Waals surface area contributed by atoms with E-state index in [0.29, 0.717) is 0 Å². The Kier molecular flexibility index (Phi) is 4.47. The summed E-state index contributed by atoms with van der Waals surface area (Å²) in [6, 6.07) is 4.07. The van der Waals surface area contributed by atoms with Gasteiger partial charge in [0, 0.05) is 45.7 Å². The van der Waals surface area contributed by atoms with Gasteiger partial charge in [-0.15, -0.1) is 11.3 Å².